The molecule has 25 heavy (non-hydrogen) atoms. The van der Waals surface area contributed by atoms with E-state index in [-0.39, 0.29) is 30.6 Å². The number of carbonyl (C=O) groups is 2. The molecule has 0 bridgehead atoms. The molecule has 0 saturated heterocycles. The highest BCUT2D eigenvalue weighted by molar-refractivity contribution is 5.96. The van der Waals surface area contributed by atoms with Crippen LogP contribution in [0.4, 0.5) is 4.39 Å². The number of halogens is 1. The number of hydrogen-bond donors (Lipinski definition) is 1. The average molecular weight is 344 g/mol. The molecular weight excluding hydrogens is 331 g/mol. The van der Waals surface area contributed by atoms with Crippen LogP contribution < -0.4 is 10.1 Å². The lowest BCUT2D eigenvalue weighted by molar-refractivity contribution is -0.123. The quantitative estimate of drug-likeness (QED) is 0.842. The first-order valence-corrected chi connectivity index (χ1v) is 7.34. The molecular formula is C16H13FN4O4. The van der Waals surface area contributed by atoms with Crippen molar-refractivity contribution in [2.45, 2.75) is 12.5 Å². The van der Waals surface area contributed by atoms with Gasteiger partial charge in [-0.2, -0.15) is 4.98 Å². The molecule has 1 aromatic heterocycles. The van der Waals surface area contributed by atoms with Crippen molar-refractivity contribution in [3.63, 3.8) is 0 Å². The predicted molar refractivity (Wildman–Crippen MR) is 83.4 cm³/mol. The third-order valence-corrected chi connectivity index (χ3v) is 3.25. The molecule has 9 heteroatoms. The van der Waals surface area contributed by atoms with Crippen LogP contribution >= 0.6 is 0 Å². The molecule has 1 aliphatic rings. The number of nitrogens with one attached hydrogen (secondary N) is 1. The number of carbonyl (C=O) groups excluding carboxylic acids is 2. The van der Waals surface area contributed by atoms with E-state index >= 15 is 0 Å². The smallest absolute Gasteiger partial charge is 0.260 e. The molecule has 3 rings (SSSR count). The number of allylic oxidation sites excluding steroid dienone is 1. The van der Waals surface area contributed by atoms with Crippen LogP contribution in [-0.2, 0) is 16.1 Å². The Labute approximate surface area is 141 Å². The second-order valence-electron chi connectivity index (χ2n) is 5.02. The Morgan fingerprint density at radius 2 is 2.20 bits per heavy atom. The van der Waals surface area contributed by atoms with Gasteiger partial charge in [0.25, 0.3) is 11.8 Å². The first kappa shape index (κ1) is 16.5. The van der Waals surface area contributed by atoms with Crippen LogP contribution in [0.25, 0.3) is 0 Å². The minimum Gasteiger partial charge on any atom is -0.481 e. The second-order valence-corrected chi connectivity index (χ2v) is 5.02. The number of aliphatic imine (C=N–C) groups is 1. The Morgan fingerprint density at radius 3 is 3.00 bits per heavy atom. The van der Waals surface area contributed by atoms with Gasteiger partial charge >= 0.3 is 0 Å². The molecule has 1 atom stereocenters. The summed E-state index contributed by atoms with van der Waals surface area (Å²) >= 11 is 0. The fourth-order valence-corrected chi connectivity index (χ4v) is 2.03. The Hall–Kier alpha value is -3.36. The number of benzene rings is 1. The average Bonchev–Trinajstić information content (AvgIpc) is 3.08. The Kier molecular flexibility index (Phi) is 4.93. The topological polar surface area (TPSA) is 107 Å². The molecule has 8 nitrogen and oxygen atoms in total. The molecule has 0 saturated carbocycles. The second kappa shape index (κ2) is 7.47. The van der Waals surface area contributed by atoms with Gasteiger partial charge in [-0.3, -0.25) is 9.59 Å². The monoisotopic (exact) mass is 344 g/mol. The zero-order valence-corrected chi connectivity index (χ0v) is 12.9. The maximum absolute atomic E-state index is 13.4. The molecule has 0 spiro atoms. The van der Waals surface area contributed by atoms with Crippen LogP contribution in [-0.4, -0.2) is 34.8 Å². The first-order valence-electron chi connectivity index (χ1n) is 7.34. The van der Waals surface area contributed by atoms with Crippen molar-refractivity contribution in [2.24, 2.45) is 4.99 Å². The van der Waals surface area contributed by atoms with Crippen molar-refractivity contribution in [3.8, 4) is 5.75 Å². The highest BCUT2D eigenvalue weighted by atomic mass is 19.1. The lowest BCUT2D eigenvalue weighted by Gasteiger charge is -2.06. The summed E-state index contributed by atoms with van der Waals surface area (Å²) in [7, 11) is 0. The summed E-state index contributed by atoms with van der Waals surface area (Å²) in [5, 5.41) is 6.21. The van der Waals surface area contributed by atoms with Gasteiger partial charge in [-0.15, -0.1) is 0 Å². The summed E-state index contributed by atoms with van der Waals surface area (Å²) in [6.45, 7) is -0.402. The molecule has 1 N–H and O–H groups in total. The van der Waals surface area contributed by atoms with E-state index in [9.17, 15) is 14.0 Å². The zero-order chi connectivity index (χ0) is 17.6. The summed E-state index contributed by atoms with van der Waals surface area (Å²) in [5.74, 6) is -1.83. The molecule has 128 valence electrons. The predicted octanol–water partition coefficient (Wildman–Crippen LogP) is 1.15. The van der Waals surface area contributed by atoms with E-state index in [1.165, 1.54) is 24.4 Å². The number of nitrogens with zero attached hydrogens (tertiary/aromatic N) is 3. The molecule has 1 aromatic carbocycles. The normalized spacial score (nSPS) is 16.0. The van der Waals surface area contributed by atoms with Crippen LogP contribution in [0, 0.1) is 5.82 Å². The number of hydrogen-bond acceptors (Lipinski definition) is 6. The van der Waals surface area contributed by atoms with E-state index in [1.54, 1.807) is 18.2 Å². The van der Waals surface area contributed by atoms with Crippen molar-refractivity contribution < 1.29 is 23.2 Å². The van der Waals surface area contributed by atoms with Crippen molar-refractivity contribution in [3.05, 3.63) is 53.9 Å². The molecule has 1 unspecified atom stereocenters. The minimum atomic E-state index is -0.692. The van der Waals surface area contributed by atoms with Gasteiger partial charge in [0, 0.05) is 6.21 Å². The summed E-state index contributed by atoms with van der Waals surface area (Å²) in [6.07, 6.45) is 4.60. The Balaban J connectivity index is 1.50. The van der Waals surface area contributed by atoms with E-state index in [0.717, 1.165) is 0 Å². The maximum atomic E-state index is 13.4. The molecule has 0 aliphatic carbocycles. The summed E-state index contributed by atoms with van der Waals surface area (Å²) < 4.78 is 23.4. The van der Waals surface area contributed by atoms with E-state index < -0.39 is 23.5 Å². The van der Waals surface area contributed by atoms with Crippen molar-refractivity contribution in [1.29, 1.82) is 0 Å². The maximum Gasteiger partial charge on any atom is 0.260 e. The third-order valence-electron chi connectivity index (χ3n) is 3.25. The van der Waals surface area contributed by atoms with Crippen molar-refractivity contribution in [2.75, 3.05) is 6.61 Å². The Bertz CT molecular complexity index is 846. The van der Waals surface area contributed by atoms with Gasteiger partial charge < -0.3 is 14.6 Å². The summed E-state index contributed by atoms with van der Waals surface area (Å²) in [4.78, 5) is 31.0. The van der Waals surface area contributed by atoms with Gasteiger partial charge in [0.15, 0.2) is 24.0 Å². The number of amides is 2. The molecule has 1 aliphatic heterocycles. The van der Waals surface area contributed by atoms with Gasteiger partial charge in [0.05, 0.1) is 6.54 Å². The molecule has 2 heterocycles. The largest absolute Gasteiger partial charge is 0.481 e. The van der Waals surface area contributed by atoms with Crippen LogP contribution in [0.15, 0.2) is 45.9 Å². The van der Waals surface area contributed by atoms with Crippen molar-refractivity contribution in [1.82, 2.24) is 15.5 Å². The number of dihydropyridines is 1. The van der Waals surface area contributed by atoms with Crippen LogP contribution in [0.1, 0.15) is 17.6 Å². The van der Waals surface area contributed by atoms with Crippen LogP contribution in [0.5, 0.6) is 5.75 Å². The van der Waals surface area contributed by atoms with Gasteiger partial charge in [0.2, 0.25) is 5.89 Å². The number of para-hydroxylation sites is 1. The lowest BCUT2D eigenvalue weighted by atomic mass is 10.1. The van der Waals surface area contributed by atoms with Gasteiger partial charge in [-0.25, -0.2) is 9.38 Å². The van der Waals surface area contributed by atoms with Gasteiger partial charge in [-0.05, 0) is 18.2 Å². The highest BCUT2D eigenvalue weighted by Gasteiger charge is 2.24. The minimum absolute atomic E-state index is 0.0131. The van der Waals surface area contributed by atoms with Crippen LogP contribution in [0.3, 0.4) is 0 Å². The van der Waals surface area contributed by atoms with Crippen molar-refractivity contribution >= 4 is 18.0 Å². The van der Waals surface area contributed by atoms with Crippen LogP contribution in [0.2, 0.25) is 0 Å². The molecule has 2 amide bonds. The molecule has 2 aromatic rings. The SMILES string of the molecule is O=C(COc1ccccc1F)NCc1nc(C2C=CC=NC2=O)no1. The van der Waals surface area contributed by atoms with E-state index in [2.05, 4.69) is 20.4 Å². The lowest BCUT2D eigenvalue weighted by Crippen LogP contribution is -2.28. The van der Waals surface area contributed by atoms with E-state index in [4.69, 9.17) is 9.26 Å². The zero-order valence-electron chi connectivity index (χ0n) is 12.9. The number of ether oxygens (including phenoxy) is 1. The Morgan fingerprint density at radius 1 is 1.36 bits per heavy atom. The highest BCUT2D eigenvalue weighted by Crippen LogP contribution is 2.18. The fraction of sp³-hybridized carbons (Fsp3) is 0.188. The number of rotatable bonds is 6. The van der Waals surface area contributed by atoms with Gasteiger partial charge in [-0.1, -0.05) is 23.4 Å². The third kappa shape index (κ3) is 4.14. The van der Waals surface area contributed by atoms with Gasteiger partial charge in [0.1, 0.15) is 5.92 Å². The summed E-state index contributed by atoms with van der Waals surface area (Å²) in [5.41, 5.74) is 0. The number of aromatic nitrogens is 2. The molecule has 0 radical (unpaired) electrons. The standard InChI is InChI=1S/C16H13FN4O4/c17-11-5-1-2-6-12(11)24-9-13(22)19-8-14-20-15(21-25-14)10-4-3-7-18-16(10)23/h1-7,10H,8-9H2,(H,19,22). The fourth-order valence-electron chi connectivity index (χ4n) is 2.03. The van der Waals surface area contributed by atoms with E-state index in [0.29, 0.717) is 0 Å². The molecule has 0 fully saturated rings. The summed E-state index contributed by atoms with van der Waals surface area (Å²) in [6, 6.07) is 5.77. The van der Waals surface area contributed by atoms with E-state index in [1.807, 2.05) is 0 Å². The first-order chi connectivity index (χ1) is 12.1.